The van der Waals surface area contributed by atoms with Crippen LogP contribution in [0.25, 0.3) is 0 Å². The molecule has 0 bridgehead atoms. The third kappa shape index (κ3) is 11.9. The van der Waals surface area contributed by atoms with E-state index in [1.54, 1.807) is 13.1 Å². The van der Waals surface area contributed by atoms with E-state index < -0.39 is 12.8 Å². The van der Waals surface area contributed by atoms with Crippen LogP contribution in [0.3, 0.4) is 0 Å². The highest BCUT2D eigenvalue weighted by Crippen LogP contribution is 2.20. The second-order valence-electron chi connectivity index (χ2n) is 7.26. The Hall–Kier alpha value is -1.07. The molecule has 172 valence electrons. The molecule has 0 spiro atoms. The van der Waals surface area contributed by atoms with Gasteiger partial charge >= 0.3 is 6.18 Å². The zero-order valence-electron chi connectivity index (χ0n) is 17.5. The van der Waals surface area contributed by atoms with Crippen molar-refractivity contribution in [1.82, 2.24) is 10.6 Å². The van der Waals surface area contributed by atoms with Gasteiger partial charge in [0.25, 0.3) is 0 Å². The van der Waals surface area contributed by atoms with E-state index in [2.05, 4.69) is 15.6 Å². The molecule has 0 aliphatic heterocycles. The molecule has 0 unspecified atom stereocenters. The topological polar surface area (TPSA) is 54.9 Å². The summed E-state index contributed by atoms with van der Waals surface area (Å²) in [6.45, 7) is 0.718. The molecule has 9 heteroatoms. The van der Waals surface area contributed by atoms with Crippen LogP contribution in [0.1, 0.15) is 49.7 Å². The summed E-state index contributed by atoms with van der Waals surface area (Å²) >= 11 is 0. The third-order valence-corrected chi connectivity index (χ3v) is 4.73. The fourth-order valence-corrected chi connectivity index (χ4v) is 3.28. The van der Waals surface area contributed by atoms with Gasteiger partial charge in [0.2, 0.25) is 0 Å². The number of aliphatic imine (C=N–C) groups is 1. The molecule has 1 aromatic carbocycles. The molecular weight excluding hydrogens is 510 g/mol. The fourth-order valence-electron chi connectivity index (χ4n) is 3.28. The van der Waals surface area contributed by atoms with Gasteiger partial charge in [-0.15, -0.1) is 24.0 Å². The maximum absolute atomic E-state index is 12.2. The lowest BCUT2D eigenvalue weighted by Crippen LogP contribution is -2.37. The lowest BCUT2D eigenvalue weighted by molar-refractivity contribution is -0.176. The van der Waals surface area contributed by atoms with E-state index in [0.717, 1.165) is 25.1 Å². The average molecular weight is 543 g/mol. The van der Waals surface area contributed by atoms with E-state index >= 15 is 0 Å². The number of guanidine groups is 1. The minimum atomic E-state index is -4.31. The number of nitrogens with zero attached hydrogens (tertiary/aromatic N) is 1. The summed E-state index contributed by atoms with van der Waals surface area (Å²) in [6, 6.07) is 7.29. The van der Waals surface area contributed by atoms with Gasteiger partial charge in [-0.25, -0.2) is 0 Å². The average Bonchev–Trinajstić information content (AvgIpc) is 2.70. The lowest BCUT2D eigenvalue weighted by Gasteiger charge is -2.22. The van der Waals surface area contributed by atoms with Gasteiger partial charge in [-0.05, 0) is 30.4 Å². The van der Waals surface area contributed by atoms with Gasteiger partial charge in [0.05, 0.1) is 12.7 Å². The second-order valence-corrected chi connectivity index (χ2v) is 7.26. The van der Waals surface area contributed by atoms with Gasteiger partial charge in [0.15, 0.2) is 5.96 Å². The molecule has 1 saturated carbocycles. The quantitative estimate of drug-likeness (QED) is 0.193. The Morgan fingerprint density at radius 1 is 1.13 bits per heavy atom. The highest BCUT2D eigenvalue weighted by molar-refractivity contribution is 14.0. The minimum Gasteiger partial charge on any atom is -0.378 e. The van der Waals surface area contributed by atoms with E-state index in [0.29, 0.717) is 24.2 Å². The van der Waals surface area contributed by atoms with Gasteiger partial charge in [0, 0.05) is 26.7 Å². The molecular formula is C21H33F3IN3O2. The predicted octanol–water partition coefficient (Wildman–Crippen LogP) is 4.79. The summed E-state index contributed by atoms with van der Waals surface area (Å²) in [4.78, 5) is 4.19. The number of nitrogens with one attached hydrogen (secondary N) is 2. The maximum Gasteiger partial charge on any atom is 0.411 e. The van der Waals surface area contributed by atoms with E-state index in [1.807, 2.05) is 18.2 Å². The summed E-state index contributed by atoms with van der Waals surface area (Å²) in [5, 5.41) is 6.46. The molecule has 0 heterocycles. The van der Waals surface area contributed by atoms with Crippen LogP contribution in [0.2, 0.25) is 0 Å². The van der Waals surface area contributed by atoms with Crippen LogP contribution in [0, 0.1) is 0 Å². The standard InChI is InChI=1S/C21H32F3N3O2.HI/c1-25-20(26-11-6-12-29-19-9-3-2-4-10-19)27-14-17-7-5-8-18(13-17)15-28-16-21(22,23)24;/h5,7-8,13,19H,2-4,6,9-12,14-16H2,1H3,(H2,25,26,27);1H. The second kappa shape index (κ2) is 14.9. The zero-order chi connectivity index (χ0) is 21.0. The summed E-state index contributed by atoms with van der Waals surface area (Å²) in [5.74, 6) is 0.682. The Labute approximate surface area is 194 Å². The van der Waals surface area contributed by atoms with E-state index in [9.17, 15) is 13.2 Å². The van der Waals surface area contributed by atoms with E-state index in [1.165, 1.54) is 32.1 Å². The highest BCUT2D eigenvalue weighted by Gasteiger charge is 2.27. The summed E-state index contributed by atoms with van der Waals surface area (Å²) in [5.41, 5.74) is 1.65. The number of halogens is 4. The normalized spacial score (nSPS) is 15.5. The van der Waals surface area contributed by atoms with Crippen LogP contribution in [0.4, 0.5) is 13.2 Å². The Kier molecular flexibility index (Phi) is 13.3. The van der Waals surface area contributed by atoms with Crippen molar-refractivity contribution in [3.8, 4) is 0 Å². The molecule has 1 aliphatic rings. The molecule has 2 N–H and O–H groups in total. The minimum absolute atomic E-state index is 0. The molecule has 0 radical (unpaired) electrons. The number of rotatable bonds is 10. The van der Waals surface area contributed by atoms with Crippen molar-refractivity contribution >= 4 is 29.9 Å². The van der Waals surface area contributed by atoms with Crippen LogP contribution in [-0.4, -0.2) is 45.0 Å². The van der Waals surface area contributed by atoms with Gasteiger partial charge < -0.3 is 20.1 Å². The van der Waals surface area contributed by atoms with Crippen LogP contribution >= 0.6 is 24.0 Å². The number of hydrogen-bond acceptors (Lipinski definition) is 3. The van der Waals surface area contributed by atoms with Crippen LogP contribution < -0.4 is 10.6 Å². The van der Waals surface area contributed by atoms with E-state index in [4.69, 9.17) is 9.47 Å². The van der Waals surface area contributed by atoms with Crippen molar-refractivity contribution in [2.45, 2.75) is 64.0 Å². The zero-order valence-corrected chi connectivity index (χ0v) is 19.8. The van der Waals surface area contributed by atoms with Crippen LogP contribution in [0.5, 0.6) is 0 Å². The predicted molar refractivity (Wildman–Crippen MR) is 123 cm³/mol. The monoisotopic (exact) mass is 543 g/mol. The molecule has 0 saturated heterocycles. The van der Waals surface area contributed by atoms with Crippen molar-refractivity contribution in [2.24, 2.45) is 4.99 Å². The number of benzene rings is 1. The Bertz CT molecular complexity index is 624. The van der Waals surface area contributed by atoms with Gasteiger partial charge in [0.1, 0.15) is 6.61 Å². The summed E-state index contributed by atoms with van der Waals surface area (Å²) in [7, 11) is 1.70. The lowest BCUT2D eigenvalue weighted by atomic mass is 9.98. The Morgan fingerprint density at radius 3 is 2.57 bits per heavy atom. The van der Waals surface area contributed by atoms with Crippen molar-refractivity contribution in [3.63, 3.8) is 0 Å². The van der Waals surface area contributed by atoms with Gasteiger partial charge in [-0.3, -0.25) is 4.99 Å². The Balaban J connectivity index is 0.00000450. The third-order valence-electron chi connectivity index (χ3n) is 4.73. The number of hydrogen-bond donors (Lipinski definition) is 2. The molecule has 2 rings (SSSR count). The maximum atomic E-state index is 12.2. The summed E-state index contributed by atoms with van der Waals surface area (Å²) < 4.78 is 47.1. The molecule has 0 atom stereocenters. The first kappa shape index (κ1) is 27.0. The van der Waals surface area contributed by atoms with Crippen molar-refractivity contribution in [1.29, 1.82) is 0 Å². The van der Waals surface area contributed by atoms with Gasteiger partial charge in [-0.2, -0.15) is 13.2 Å². The largest absolute Gasteiger partial charge is 0.411 e. The van der Waals surface area contributed by atoms with Crippen molar-refractivity contribution in [2.75, 3.05) is 26.8 Å². The first-order valence-electron chi connectivity index (χ1n) is 10.2. The Morgan fingerprint density at radius 2 is 1.87 bits per heavy atom. The molecule has 5 nitrogen and oxygen atoms in total. The molecule has 1 aliphatic carbocycles. The molecule has 1 fully saturated rings. The fraction of sp³-hybridized carbons (Fsp3) is 0.667. The first-order chi connectivity index (χ1) is 14.0. The van der Waals surface area contributed by atoms with Gasteiger partial charge in [-0.1, -0.05) is 43.5 Å². The molecule has 30 heavy (non-hydrogen) atoms. The first-order valence-corrected chi connectivity index (χ1v) is 10.2. The van der Waals surface area contributed by atoms with Crippen LogP contribution in [0.15, 0.2) is 29.3 Å². The van der Waals surface area contributed by atoms with Crippen molar-refractivity contribution < 1.29 is 22.6 Å². The molecule has 1 aromatic rings. The number of alkyl halides is 3. The molecule has 0 aromatic heterocycles. The van der Waals surface area contributed by atoms with E-state index in [-0.39, 0.29) is 30.6 Å². The summed E-state index contributed by atoms with van der Waals surface area (Å²) in [6.07, 6.45) is 3.25. The SMILES string of the molecule is CN=C(NCCCOC1CCCCC1)NCc1cccc(COCC(F)(F)F)c1.I. The smallest absolute Gasteiger partial charge is 0.378 e. The van der Waals surface area contributed by atoms with Crippen molar-refractivity contribution in [3.05, 3.63) is 35.4 Å². The number of ether oxygens (including phenoxy) is 2. The highest BCUT2D eigenvalue weighted by atomic mass is 127. The molecule has 0 amide bonds. The van der Waals surface area contributed by atoms with Crippen LogP contribution in [-0.2, 0) is 22.6 Å².